The van der Waals surface area contributed by atoms with Gasteiger partial charge in [-0.1, -0.05) is 42.5 Å². The SMILES string of the molecule is COc1ccc2ccccc2c1/C=N\N1C(=O)[C@@H]2[C@@H]3C=C[C@H]([C@@H]4C[C@H]34)[C@@H]2C1=O. The molecule has 2 aromatic rings. The van der Waals surface area contributed by atoms with E-state index in [0.29, 0.717) is 17.6 Å². The summed E-state index contributed by atoms with van der Waals surface area (Å²) in [6.07, 6.45) is 7.11. The van der Waals surface area contributed by atoms with E-state index in [-0.39, 0.29) is 35.5 Å². The summed E-state index contributed by atoms with van der Waals surface area (Å²) in [5.74, 6) is 1.54. The lowest BCUT2D eigenvalue weighted by Crippen LogP contribution is -2.40. The summed E-state index contributed by atoms with van der Waals surface area (Å²) in [4.78, 5) is 26.1. The van der Waals surface area contributed by atoms with Gasteiger partial charge >= 0.3 is 0 Å². The van der Waals surface area contributed by atoms with Crippen LogP contribution in [0.5, 0.6) is 5.75 Å². The number of hydrogen-bond donors (Lipinski definition) is 0. The Morgan fingerprint density at radius 1 is 1.00 bits per heavy atom. The first-order valence-corrected chi connectivity index (χ1v) is 9.85. The minimum Gasteiger partial charge on any atom is -0.496 e. The quantitative estimate of drug-likeness (QED) is 0.472. The maximum Gasteiger partial charge on any atom is 0.254 e. The van der Waals surface area contributed by atoms with E-state index in [0.717, 1.165) is 27.8 Å². The highest BCUT2D eigenvalue weighted by molar-refractivity contribution is 6.08. The second kappa shape index (κ2) is 5.53. The second-order valence-corrected chi connectivity index (χ2v) is 8.29. The van der Waals surface area contributed by atoms with E-state index >= 15 is 0 Å². The molecule has 0 unspecified atom stereocenters. The smallest absolute Gasteiger partial charge is 0.254 e. The summed E-state index contributed by atoms with van der Waals surface area (Å²) in [5, 5.41) is 7.53. The van der Waals surface area contributed by atoms with Crippen LogP contribution in [0.15, 0.2) is 53.7 Å². The van der Waals surface area contributed by atoms with E-state index < -0.39 is 0 Å². The maximum absolute atomic E-state index is 13.1. The molecule has 2 bridgehead atoms. The number of benzene rings is 2. The minimum atomic E-state index is -0.224. The van der Waals surface area contributed by atoms with Crippen LogP contribution in [0.2, 0.25) is 0 Å². The molecule has 2 saturated carbocycles. The van der Waals surface area contributed by atoms with Crippen LogP contribution in [0.1, 0.15) is 12.0 Å². The first-order chi connectivity index (χ1) is 13.7. The number of hydrazone groups is 1. The van der Waals surface area contributed by atoms with Gasteiger partial charge in [-0.15, -0.1) is 0 Å². The lowest BCUT2D eigenvalue weighted by Gasteiger charge is -2.37. The van der Waals surface area contributed by atoms with E-state index in [1.165, 1.54) is 0 Å². The van der Waals surface area contributed by atoms with Crippen LogP contribution >= 0.6 is 0 Å². The number of fused-ring (bicyclic) bond motifs is 1. The van der Waals surface area contributed by atoms with E-state index in [2.05, 4.69) is 17.3 Å². The van der Waals surface area contributed by atoms with Crippen molar-refractivity contribution in [2.24, 2.45) is 40.6 Å². The highest BCUT2D eigenvalue weighted by Gasteiger charge is 2.67. The number of imide groups is 1. The number of rotatable bonds is 3. The van der Waals surface area contributed by atoms with Gasteiger partial charge < -0.3 is 4.74 Å². The van der Waals surface area contributed by atoms with Gasteiger partial charge in [-0.2, -0.15) is 10.1 Å². The summed E-state index contributed by atoms with van der Waals surface area (Å²) in [6, 6.07) is 11.8. The lowest BCUT2D eigenvalue weighted by atomic mass is 9.63. The van der Waals surface area contributed by atoms with E-state index in [1.54, 1.807) is 13.3 Å². The molecule has 5 aliphatic rings. The molecule has 2 amide bonds. The third kappa shape index (κ3) is 1.99. The maximum atomic E-state index is 13.1. The average Bonchev–Trinajstić information content (AvgIpc) is 3.51. The molecule has 1 heterocycles. The number of allylic oxidation sites excluding steroid dienone is 2. The van der Waals surface area contributed by atoms with Gasteiger partial charge in [0.25, 0.3) is 11.8 Å². The van der Waals surface area contributed by atoms with Gasteiger partial charge in [0.15, 0.2) is 0 Å². The minimum absolute atomic E-state index is 0.143. The molecule has 1 aliphatic heterocycles. The predicted octanol–water partition coefficient (Wildman–Crippen LogP) is 3.24. The molecule has 5 nitrogen and oxygen atoms in total. The summed E-state index contributed by atoms with van der Waals surface area (Å²) in [7, 11) is 1.61. The number of carbonyl (C=O) groups is 2. The van der Waals surface area contributed by atoms with Gasteiger partial charge in [0.1, 0.15) is 5.75 Å². The molecule has 0 radical (unpaired) electrons. The first kappa shape index (κ1) is 16.0. The predicted molar refractivity (Wildman–Crippen MR) is 105 cm³/mol. The van der Waals surface area contributed by atoms with E-state index in [1.807, 2.05) is 36.4 Å². The largest absolute Gasteiger partial charge is 0.496 e. The van der Waals surface area contributed by atoms with Gasteiger partial charge in [-0.3, -0.25) is 9.59 Å². The molecule has 7 rings (SSSR count). The van der Waals surface area contributed by atoms with Crippen LogP contribution in [0.3, 0.4) is 0 Å². The average molecular weight is 372 g/mol. The molecule has 0 spiro atoms. The van der Waals surface area contributed by atoms with Crippen LogP contribution in [0, 0.1) is 35.5 Å². The Hall–Kier alpha value is -2.95. The van der Waals surface area contributed by atoms with Crippen LogP contribution in [0.25, 0.3) is 10.8 Å². The van der Waals surface area contributed by atoms with Gasteiger partial charge in [0.2, 0.25) is 0 Å². The number of ether oxygens (including phenoxy) is 1. The Labute approximate surface area is 162 Å². The van der Waals surface area contributed by atoms with Crippen LogP contribution < -0.4 is 4.74 Å². The standard InChI is InChI=1S/C23H20N2O3/c1-28-19-9-6-12-4-2-3-5-13(12)18(19)11-24-25-22(26)20-14-7-8-15(17-10-16(14)17)21(20)23(25)27/h2-9,11,14-17,20-21H,10H2,1H3/b24-11-/t14-,15-,16-,17+,20-,21+/m1/s1. The monoisotopic (exact) mass is 372 g/mol. The fourth-order valence-electron chi connectivity index (χ4n) is 5.76. The number of hydrogen-bond acceptors (Lipinski definition) is 4. The zero-order valence-corrected chi connectivity index (χ0v) is 15.5. The highest BCUT2D eigenvalue weighted by atomic mass is 16.5. The fraction of sp³-hybridized carbons (Fsp3) is 0.348. The molecule has 0 aromatic heterocycles. The molecule has 28 heavy (non-hydrogen) atoms. The van der Waals surface area contributed by atoms with Crippen LogP contribution in [-0.4, -0.2) is 30.1 Å². The summed E-state index contributed by atoms with van der Waals surface area (Å²) in [6.45, 7) is 0. The lowest BCUT2D eigenvalue weighted by molar-refractivity contribution is -0.140. The zero-order chi connectivity index (χ0) is 19.0. The van der Waals surface area contributed by atoms with E-state index in [4.69, 9.17) is 4.74 Å². The topological polar surface area (TPSA) is 59.0 Å². The van der Waals surface area contributed by atoms with Crippen LogP contribution in [0.4, 0.5) is 0 Å². The Balaban J connectivity index is 1.38. The molecule has 2 aromatic carbocycles. The molecular formula is C23H20N2O3. The van der Waals surface area contributed by atoms with Crippen molar-refractivity contribution in [3.8, 4) is 5.75 Å². The van der Waals surface area contributed by atoms with Crippen molar-refractivity contribution in [1.29, 1.82) is 0 Å². The zero-order valence-electron chi connectivity index (χ0n) is 15.5. The van der Waals surface area contributed by atoms with Gasteiger partial charge in [-0.25, -0.2) is 0 Å². The van der Waals surface area contributed by atoms with Crippen molar-refractivity contribution in [1.82, 2.24) is 5.01 Å². The number of methoxy groups -OCH3 is 1. The Kier molecular flexibility index (Phi) is 3.17. The normalized spacial score (nSPS) is 35.0. The van der Waals surface area contributed by atoms with Gasteiger partial charge in [0.05, 0.1) is 25.2 Å². The van der Waals surface area contributed by atoms with Crippen molar-refractivity contribution >= 4 is 28.8 Å². The first-order valence-electron chi connectivity index (χ1n) is 9.85. The van der Waals surface area contributed by atoms with Crippen molar-refractivity contribution in [2.75, 3.05) is 7.11 Å². The summed E-state index contributed by atoms with van der Waals surface area (Å²) < 4.78 is 5.49. The molecule has 140 valence electrons. The van der Waals surface area contributed by atoms with Crippen molar-refractivity contribution in [3.05, 3.63) is 54.1 Å². The molecule has 5 heteroatoms. The molecular weight excluding hydrogens is 352 g/mol. The molecule has 3 fully saturated rings. The third-order valence-electron chi connectivity index (χ3n) is 7.09. The Morgan fingerprint density at radius 3 is 2.36 bits per heavy atom. The number of amides is 2. The highest BCUT2D eigenvalue weighted by Crippen LogP contribution is 2.65. The second-order valence-electron chi connectivity index (χ2n) is 8.29. The summed E-state index contributed by atoms with van der Waals surface area (Å²) in [5.41, 5.74) is 0.778. The van der Waals surface area contributed by atoms with Crippen LogP contribution in [-0.2, 0) is 9.59 Å². The molecule has 4 aliphatic carbocycles. The number of nitrogens with zero attached hydrogens (tertiary/aromatic N) is 2. The van der Waals surface area contributed by atoms with Gasteiger partial charge in [0, 0.05) is 5.56 Å². The summed E-state index contributed by atoms with van der Waals surface area (Å²) >= 11 is 0. The third-order valence-corrected chi connectivity index (χ3v) is 7.09. The molecule has 1 saturated heterocycles. The van der Waals surface area contributed by atoms with E-state index in [9.17, 15) is 9.59 Å². The van der Waals surface area contributed by atoms with Gasteiger partial charge in [-0.05, 0) is 46.9 Å². The van der Waals surface area contributed by atoms with Crippen molar-refractivity contribution < 1.29 is 14.3 Å². The Morgan fingerprint density at radius 2 is 1.68 bits per heavy atom. The molecule has 0 N–H and O–H groups in total. The van der Waals surface area contributed by atoms with Crippen molar-refractivity contribution in [3.63, 3.8) is 0 Å². The molecule has 6 atom stereocenters. The number of carbonyl (C=O) groups excluding carboxylic acids is 2. The van der Waals surface area contributed by atoms with Crippen molar-refractivity contribution in [2.45, 2.75) is 6.42 Å². The Bertz CT molecular complexity index is 1050. The fourth-order valence-corrected chi connectivity index (χ4v) is 5.76.